The second-order valence-corrected chi connectivity index (χ2v) is 6.36. The van der Waals surface area contributed by atoms with Crippen molar-refractivity contribution in [2.45, 2.75) is 45.3 Å². The third-order valence-corrected chi connectivity index (χ3v) is 4.65. The van der Waals surface area contributed by atoms with E-state index in [1.54, 1.807) is 0 Å². The molecule has 0 spiro atoms. The summed E-state index contributed by atoms with van der Waals surface area (Å²) < 4.78 is 11.3. The maximum Gasteiger partial charge on any atom is 0.227 e. The van der Waals surface area contributed by atoms with Gasteiger partial charge in [-0.1, -0.05) is 12.1 Å². The van der Waals surface area contributed by atoms with E-state index < -0.39 is 0 Å². The van der Waals surface area contributed by atoms with E-state index in [0.717, 1.165) is 37.2 Å². The molecule has 4 nitrogen and oxygen atoms in total. The van der Waals surface area contributed by atoms with Gasteiger partial charge in [0.15, 0.2) is 0 Å². The lowest BCUT2D eigenvalue weighted by atomic mass is 9.92. The number of likely N-dealkylation sites (tertiary alicyclic amines) is 1. The lowest BCUT2D eigenvalue weighted by Crippen LogP contribution is -2.45. The fourth-order valence-electron chi connectivity index (χ4n) is 3.58. The third kappa shape index (κ3) is 3.43. The average molecular weight is 303 g/mol. The van der Waals surface area contributed by atoms with Crippen molar-refractivity contribution in [2.24, 2.45) is 5.92 Å². The predicted molar refractivity (Wildman–Crippen MR) is 85.0 cm³/mol. The Hall–Kier alpha value is -1.55. The summed E-state index contributed by atoms with van der Waals surface area (Å²) in [6, 6.07) is 7.84. The fraction of sp³-hybridized carbons (Fsp3) is 0.611. The van der Waals surface area contributed by atoms with E-state index >= 15 is 0 Å². The topological polar surface area (TPSA) is 38.8 Å². The maximum absolute atomic E-state index is 12.5. The lowest BCUT2D eigenvalue weighted by molar-refractivity contribution is -0.133. The van der Waals surface area contributed by atoms with Gasteiger partial charge in [-0.2, -0.15) is 0 Å². The first-order valence-electron chi connectivity index (χ1n) is 8.30. The molecule has 0 unspecified atom stereocenters. The van der Waals surface area contributed by atoms with Crippen molar-refractivity contribution >= 4 is 5.91 Å². The monoisotopic (exact) mass is 303 g/mol. The van der Waals surface area contributed by atoms with E-state index in [2.05, 4.69) is 6.92 Å². The minimum absolute atomic E-state index is 0.224. The lowest BCUT2D eigenvalue weighted by Gasteiger charge is -2.34. The second-order valence-electron chi connectivity index (χ2n) is 6.36. The molecule has 3 atom stereocenters. The SMILES string of the molecule is CCOc1ccc(CC(=O)N2CC[C@@H]3O[C@H](C)C[C@@H]3C2)cc1. The molecule has 22 heavy (non-hydrogen) atoms. The van der Waals surface area contributed by atoms with Crippen LogP contribution in [0.3, 0.4) is 0 Å². The zero-order valence-corrected chi connectivity index (χ0v) is 13.5. The molecule has 0 bridgehead atoms. The van der Waals surface area contributed by atoms with Gasteiger partial charge in [-0.05, 0) is 44.4 Å². The summed E-state index contributed by atoms with van der Waals surface area (Å²) in [4.78, 5) is 14.5. The molecule has 2 aliphatic rings. The molecule has 0 saturated carbocycles. The minimum Gasteiger partial charge on any atom is -0.494 e. The summed E-state index contributed by atoms with van der Waals surface area (Å²) in [5.74, 6) is 1.60. The Morgan fingerprint density at radius 2 is 2.14 bits per heavy atom. The number of amides is 1. The Morgan fingerprint density at radius 1 is 1.36 bits per heavy atom. The normalized spacial score (nSPS) is 27.5. The van der Waals surface area contributed by atoms with Gasteiger partial charge in [-0.3, -0.25) is 4.79 Å². The molecule has 120 valence electrons. The number of hydrogen-bond acceptors (Lipinski definition) is 3. The number of nitrogens with zero attached hydrogens (tertiary/aromatic N) is 1. The number of piperidine rings is 1. The van der Waals surface area contributed by atoms with Crippen molar-refractivity contribution in [1.29, 1.82) is 0 Å². The van der Waals surface area contributed by atoms with Crippen molar-refractivity contribution in [2.75, 3.05) is 19.7 Å². The van der Waals surface area contributed by atoms with Gasteiger partial charge in [-0.25, -0.2) is 0 Å². The van der Waals surface area contributed by atoms with Gasteiger partial charge in [0, 0.05) is 19.0 Å². The van der Waals surface area contributed by atoms with Crippen molar-refractivity contribution in [1.82, 2.24) is 4.90 Å². The quantitative estimate of drug-likeness (QED) is 0.858. The highest BCUT2D eigenvalue weighted by Crippen LogP contribution is 2.32. The average Bonchev–Trinajstić information content (AvgIpc) is 2.88. The first-order chi connectivity index (χ1) is 10.7. The summed E-state index contributed by atoms with van der Waals surface area (Å²) in [6.45, 7) is 6.43. The van der Waals surface area contributed by atoms with E-state index in [4.69, 9.17) is 9.47 Å². The number of hydrogen-bond donors (Lipinski definition) is 0. The molecule has 0 aromatic heterocycles. The number of rotatable bonds is 4. The van der Waals surface area contributed by atoms with Crippen LogP contribution in [0.25, 0.3) is 0 Å². The second kappa shape index (κ2) is 6.69. The Bertz CT molecular complexity index is 514. The Morgan fingerprint density at radius 3 is 2.86 bits per heavy atom. The van der Waals surface area contributed by atoms with E-state index in [9.17, 15) is 4.79 Å². The summed E-state index contributed by atoms with van der Waals surface area (Å²) in [5.41, 5.74) is 1.05. The van der Waals surface area contributed by atoms with Gasteiger partial charge in [-0.15, -0.1) is 0 Å². The van der Waals surface area contributed by atoms with Crippen molar-refractivity contribution in [3.63, 3.8) is 0 Å². The highest BCUT2D eigenvalue weighted by Gasteiger charge is 2.38. The van der Waals surface area contributed by atoms with Crippen LogP contribution in [-0.2, 0) is 16.0 Å². The van der Waals surface area contributed by atoms with Crippen LogP contribution in [0.1, 0.15) is 32.3 Å². The van der Waals surface area contributed by atoms with Crippen LogP contribution >= 0.6 is 0 Å². The van der Waals surface area contributed by atoms with Crippen LogP contribution in [-0.4, -0.2) is 42.7 Å². The molecule has 4 heteroatoms. The van der Waals surface area contributed by atoms with Crippen LogP contribution < -0.4 is 4.74 Å². The van der Waals surface area contributed by atoms with Gasteiger partial charge in [0.05, 0.1) is 25.2 Å². The third-order valence-electron chi connectivity index (χ3n) is 4.65. The molecule has 1 amide bonds. The molecule has 0 N–H and O–H groups in total. The Kier molecular flexibility index (Phi) is 4.67. The molecule has 2 aliphatic heterocycles. The molecular formula is C18H25NO3. The summed E-state index contributed by atoms with van der Waals surface area (Å²) >= 11 is 0. The standard InChI is InChI=1S/C18H25NO3/c1-3-21-16-6-4-14(5-7-16)11-18(20)19-9-8-17-15(12-19)10-13(2)22-17/h4-7,13,15,17H,3,8-12H2,1-2H3/t13-,15-,17+/m1/s1. The fourth-order valence-corrected chi connectivity index (χ4v) is 3.58. The van der Waals surface area contributed by atoms with Gasteiger partial charge < -0.3 is 14.4 Å². The van der Waals surface area contributed by atoms with Crippen LogP contribution in [0.15, 0.2) is 24.3 Å². The van der Waals surface area contributed by atoms with Crippen LogP contribution in [0.2, 0.25) is 0 Å². The van der Waals surface area contributed by atoms with Crippen LogP contribution in [0.4, 0.5) is 0 Å². The number of carbonyl (C=O) groups is 1. The number of carbonyl (C=O) groups excluding carboxylic acids is 1. The smallest absolute Gasteiger partial charge is 0.227 e. The molecule has 2 heterocycles. The van der Waals surface area contributed by atoms with E-state index in [0.29, 0.717) is 31.2 Å². The van der Waals surface area contributed by atoms with Gasteiger partial charge in [0.1, 0.15) is 5.75 Å². The molecule has 1 aromatic rings. The first-order valence-corrected chi connectivity index (χ1v) is 8.30. The zero-order valence-electron chi connectivity index (χ0n) is 13.5. The Balaban J connectivity index is 1.55. The van der Waals surface area contributed by atoms with E-state index in [-0.39, 0.29) is 5.91 Å². The van der Waals surface area contributed by atoms with Gasteiger partial charge in [0.2, 0.25) is 5.91 Å². The number of fused-ring (bicyclic) bond motifs is 1. The highest BCUT2D eigenvalue weighted by molar-refractivity contribution is 5.79. The van der Waals surface area contributed by atoms with Crippen LogP contribution in [0.5, 0.6) is 5.75 Å². The largest absolute Gasteiger partial charge is 0.494 e. The molecule has 2 fully saturated rings. The first kappa shape index (κ1) is 15.3. The van der Waals surface area contributed by atoms with E-state index in [1.165, 1.54) is 0 Å². The summed E-state index contributed by atoms with van der Waals surface area (Å²) in [7, 11) is 0. The molecule has 0 aliphatic carbocycles. The maximum atomic E-state index is 12.5. The molecule has 3 rings (SSSR count). The summed E-state index contributed by atoms with van der Waals surface area (Å²) in [6.07, 6.45) is 3.24. The minimum atomic E-state index is 0.224. The number of ether oxygens (including phenoxy) is 2. The number of benzene rings is 1. The van der Waals surface area contributed by atoms with E-state index in [1.807, 2.05) is 36.1 Å². The predicted octanol–water partition coefficient (Wildman–Crippen LogP) is 2.65. The van der Waals surface area contributed by atoms with Crippen molar-refractivity contribution in [3.05, 3.63) is 29.8 Å². The Labute approximate surface area is 132 Å². The molecular weight excluding hydrogens is 278 g/mol. The zero-order chi connectivity index (χ0) is 15.5. The molecule has 0 radical (unpaired) electrons. The van der Waals surface area contributed by atoms with Crippen molar-refractivity contribution < 1.29 is 14.3 Å². The molecule has 2 saturated heterocycles. The van der Waals surface area contributed by atoms with Gasteiger partial charge >= 0.3 is 0 Å². The van der Waals surface area contributed by atoms with Crippen molar-refractivity contribution in [3.8, 4) is 5.75 Å². The van der Waals surface area contributed by atoms with Crippen LogP contribution in [0, 0.1) is 5.92 Å². The van der Waals surface area contributed by atoms with Gasteiger partial charge in [0.25, 0.3) is 0 Å². The highest BCUT2D eigenvalue weighted by atomic mass is 16.5. The molecule has 1 aromatic carbocycles. The summed E-state index contributed by atoms with van der Waals surface area (Å²) in [5, 5.41) is 0.